The van der Waals surface area contributed by atoms with Crippen molar-refractivity contribution in [1.29, 1.82) is 0 Å². The third-order valence-corrected chi connectivity index (χ3v) is 3.81. The fourth-order valence-electron chi connectivity index (χ4n) is 0.966. The van der Waals surface area contributed by atoms with Crippen molar-refractivity contribution in [2.24, 2.45) is 0 Å². The zero-order valence-electron chi connectivity index (χ0n) is 7.35. The Kier molecular flexibility index (Phi) is 4.16. The average molecular weight is 162 g/mol. The summed E-state index contributed by atoms with van der Waals surface area (Å²) in [7, 11) is -1.52. The van der Waals surface area contributed by atoms with Crippen LogP contribution >= 0.6 is 0 Å². The highest BCUT2D eigenvalue weighted by atomic mass is 28.4. The Bertz CT molecular complexity index is 91.6. The van der Waals surface area contributed by atoms with Crippen molar-refractivity contribution in [3.63, 3.8) is 0 Å². The fraction of sp³-hybridized carbons (Fsp3) is 1.00. The van der Waals surface area contributed by atoms with Crippen LogP contribution in [0.15, 0.2) is 0 Å². The van der Waals surface area contributed by atoms with Gasteiger partial charge in [0.25, 0.3) is 0 Å². The third-order valence-electron chi connectivity index (χ3n) is 1.27. The molecule has 0 rings (SSSR count). The molecule has 1 N–H and O–H groups in total. The van der Waals surface area contributed by atoms with Gasteiger partial charge in [0.2, 0.25) is 0 Å². The van der Waals surface area contributed by atoms with Crippen molar-refractivity contribution >= 4 is 8.32 Å². The van der Waals surface area contributed by atoms with Gasteiger partial charge in [0.05, 0.1) is 0 Å². The van der Waals surface area contributed by atoms with Crippen molar-refractivity contribution in [3.05, 3.63) is 0 Å². The zero-order valence-corrected chi connectivity index (χ0v) is 8.35. The molecule has 0 fully saturated rings. The van der Waals surface area contributed by atoms with E-state index in [4.69, 9.17) is 9.53 Å². The maximum absolute atomic E-state index is 8.67. The fourth-order valence-corrected chi connectivity index (χ4v) is 2.90. The first-order valence-electron chi connectivity index (χ1n) is 3.76. The van der Waals surface area contributed by atoms with Crippen LogP contribution in [0.1, 0.15) is 13.8 Å². The van der Waals surface area contributed by atoms with Crippen LogP contribution in [0.25, 0.3) is 0 Å². The Balaban J connectivity index is 3.63. The molecule has 0 radical (unpaired) electrons. The molecular formula is C7H18O2Si. The highest BCUT2D eigenvalue weighted by molar-refractivity contribution is 6.71. The van der Waals surface area contributed by atoms with Crippen LogP contribution in [0.3, 0.4) is 0 Å². The lowest BCUT2D eigenvalue weighted by atomic mass is 10.5. The van der Waals surface area contributed by atoms with Crippen molar-refractivity contribution in [3.8, 4) is 0 Å². The van der Waals surface area contributed by atoms with Crippen LogP contribution in [-0.4, -0.2) is 26.1 Å². The van der Waals surface area contributed by atoms with Gasteiger partial charge in [-0.05, 0) is 33.0 Å². The second-order valence-corrected chi connectivity index (χ2v) is 7.65. The van der Waals surface area contributed by atoms with Crippen LogP contribution in [-0.2, 0) is 4.43 Å². The Morgan fingerprint density at radius 2 is 1.90 bits per heavy atom. The molecule has 0 aromatic carbocycles. The predicted octanol–water partition coefficient (Wildman–Crippen LogP) is 1.61. The molecule has 0 saturated heterocycles. The van der Waals surface area contributed by atoms with Gasteiger partial charge in [-0.3, -0.25) is 0 Å². The average Bonchev–Trinajstić information content (AvgIpc) is 1.59. The van der Waals surface area contributed by atoms with Gasteiger partial charge in [0.15, 0.2) is 8.32 Å². The quantitative estimate of drug-likeness (QED) is 0.636. The van der Waals surface area contributed by atoms with Crippen LogP contribution in [0.5, 0.6) is 0 Å². The zero-order chi connectivity index (χ0) is 8.20. The monoisotopic (exact) mass is 162 g/mol. The molecule has 0 bridgehead atoms. The summed E-state index contributed by atoms with van der Waals surface area (Å²) in [6, 6.07) is 0.838. The molecule has 0 aromatic rings. The first-order valence-corrected chi connectivity index (χ1v) is 6.88. The normalized spacial score (nSPS) is 12.6. The number of hydrogen-bond donors (Lipinski definition) is 1. The molecule has 0 amide bonds. The molecule has 0 aliphatic heterocycles. The van der Waals surface area contributed by atoms with Crippen molar-refractivity contribution in [2.45, 2.75) is 39.1 Å². The second kappa shape index (κ2) is 4.11. The Morgan fingerprint density at radius 3 is 2.20 bits per heavy atom. The van der Waals surface area contributed by atoms with Crippen molar-refractivity contribution in [1.82, 2.24) is 0 Å². The van der Waals surface area contributed by atoms with E-state index >= 15 is 0 Å². The standard InChI is InChI=1S/C7H18O2Si/c1-7(2)9-10(3,4)6-5-8/h7-8H,5-6H2,1-4H3. The molecule has 3 heteroatoms. The maximum atomic E-state index is 8.67. The van der Waals surface area contributed by atoms with Gasteiger partial charge < -0.3 is 9.53 Å². The number of rotatable bonds is 4. The Morgan fingerprint density at radius 1 is 1.40 bits per heavy atom. The van der Waals surface area contributed by atoms with E-state index in [-0.39, 0.29) is 6.61 Å². The van der Waals surface area contributed by atoms with Crippen LogP contribution in [0.2, 0.25) is 19.1 Å². The second-order valence-electron chi connectivity index (χ2n) is 3.40. The molecule has 62 valence electrons. The van der Waals surface area contributed by atoms with E-state index in [9.17, 15) is 0 Å². The number of aliphatic hydroxyl groups excluding tert-OH is 1. The smallest absolute Gasteiger partial charge is 0.189 e. The lowest BCUT2D eigenvalue weighted by Gasteiger charge is -2.24. The molecule has 0 atom stereocenters. The summed E-state index contributed by atoms with van der Waals surface area (Å²) in [4.78, 5) is 0. The summed E-state index contributed by atoms with van der Waals surface area (Å²) in [6.07, 6.45) is 0.299. The van der Waals surface area contributed by atoms with Gasteiger partial charge in [0.1, 0.15) is 0 Å². The summed E-state index contributed by atoms with van der Waals surface area (Å²) in [5.74, 6) is 0. The van der Waals surface area contributed by atoms with Gasteiger partial charge in [0, 0.05) is 12.7 Å². The molecular weight excluding hydrogens is 144 g/mol. The summed E-state index contributed by atoms with van der Waals surface area (Å²) < 4.78 is 5.66. The topological polar surface area (TPSA) is 29.5 Å². The Labute approximate surface area is 64.3 Å². The molecule has 0 heterocycles. The first kappa shape index (κ1) is 10.1. The van der Waals surface area contributed by atoms with Gasteiger partial charge >= 0.3 is 0 Å². The van der Waals surface area contributed by atoms with E-state index in [1.165, 1.54) is 0 Å². The summed E-state index contributed by atoms with van der Waals surface area (Å²) >= 11 is 0. The highest BCUT2D eigenvalue weighted by Crippen LogP contribution is 2.12. The molecule has 0 aliphatic carbocycles. The van der Waals surface area contributed by atoms with Crippen LogP contribution < -0.4 is 0 Å². The molecule has 0 aliphatic rings. The van der Waals surface area contributed by atoms with E-state index in [0.717, 1.165) is 6.04 Å². The minimum absolute atomic E-state index is 0.256. The van der Waals surface area contributed by atoms with E-state index in [1.807, 2.05) is 13.8 Å². The predicted molar refractivity (Wildman–Crippen MR) is 45.6 cm³/mol. The summed E-state index contributed by atoms with van der Waals surface area (Å²) in [6.45, 7) is 8.58. The van der Waals surface area contributed by atoms with E-state index in [1.54, 1.807) is 0 Å². The highest BCUT2D eigenvalue weighted by Gasteiger charge is 2.22. The van der Waals surface area contributed by atoms with E-state index < -0.39 is 8.32 Å². The first-order chi connectivity index (χ1) is 4.48. The number of hydrogen-bond acceptors (Lipinski definition) is 2. The number of aliphatic hydroxyl groups is 1. The third kappa shape index (κ3) is 4.96. The summed E-state index contributed by atoms with van der Waals surface area (Å²) in [5, 5.41) is 8.67. The van der Waals surface area contributed by atoms with E-state index in [2.05, 4.69) is 13.1 Å². The van der Waals surface area contributed by atoms with Crippen molar-refractivity contribution < 1.29 is 9.53 Å². The largest absolute Gasteiger partial charge is 0.415 e. The van der Waals surface area contributed by atoms with Gasteiger partial charge in [-0.2, -0.15) is 0 Å². The van der Waals surface area contributed by atoms with Gasteiger partial charge in [-0.25, -0.2) is 0 Å². The lowest BCUT2D eigenvalue weighted by Crippen LogP contribution is -2.34. The summed E-state index contributed by atoms with van der Waals surface area (Å²) in [5.41, 5.74) is 0. The molecule has 0 saturated carbocycles. The lowest BCUT2D eigenvalue weighted by molar-refractivity contribution is 0.222. The molecule has 2 nitrogen and oxygen atoms in total. The van der Waals surface area contributed by atoms with Gasteiger partial charge in [-0.15, -0.1) is 0 Å². The minimum Gasteiger partial charge on any atom is -0.415 e. The van der Waals surface area contributed by atoms with Crippen LogP contribution in [0, 0.1) is 0 Å². The molecule has 0 spiro atoms. The van der Waals surface area contributed by atoms with Gasteiger partial charge in [-0.1, -0.05) is 0 Å². The van der Waals surface area contributed by atoms with E-state index in [0.29, 0.717) is 6.10 Å². The molecule has 0 unspecified atom stereocenters. The minimum atomic E-state index is -1.52. The van der Waals surface area contributed by atoms with Crippen LogP contribution in [0.4, 0.5) is 0 Å². The SMILES string of the molecule is CC(C)O[Si](C)(C)CCO. The van der Waals surface area contributed by atoms with Crippen molar-refractivity contribution in [2.75, 3.05) is 6.61 Å². The molecule has 0 aromatic heterocycles. The maximum Gasteiger partial charge on any atom is 0.189 e. The Hall–Kier alpha value is 0.137. The molecule has 10 heavy (non-hydrogen) atoms.